The first-order valence-corrected chi connectivity index (χ1v) is 6.07. The van der Waals surface area contributed by atoms with Crippen LogP contribution in [0.5, 0.6) is 0 Å². The molecule has 1 aromatic rings. The molecule has 1 saturated heterocycles. The van der Waals surface area contributed by atoms with Crippen LogP contribution in [0.25, 0.3) is 0 Å². The zero-order chi connectivity index (χ0) is 11.4. The normalized spacial score (nSPS) is 17.3. The molecular formula is C14H19NO. The van der Waals surface area contributed by atoms with E-state index in [2.05, 4.69) is 11.4 Å². The second-order valence-electron chi connectivity index (χ2n) is 4.61. The molecule has 16 heavy (non-hydrogen) atoms. The largest absolute Gasteiger partial charge is 0.317 e. The van der Waals surface area contributed by atoms with Gasteiger partial charge in [0.1, 0.15) is 0 Å². The number of piperidine rings is 1. The molecule has 0 spiro atoms. The summed E-state index contributed by atoms with van der Waals surface area (Å²) in [6.07, 6.45) is 3.51. The number of ketones is 1. The lowest BCUT2D eigenvalue weighted by molar-refractivity contribution is 0.101. The summed E-state index contributed by atoms with van der Waals surface area (Å²) in [5, 5.41) is 3.37. The molecule has 0 amide bonds. The van der Waals surface area contributed by atoms with Gasteiger partial charge in [-0.3, -0.25) is 4.79 Å². The smallest absolute Gasteiger partial charge is 0.160 e. The van der Waals surface area contributed by atoms with E-state index in [-0.39, 0.29) is 5.78 Å². The van der Waals surface area contributed by atoms with E-state index >= 15 is 0 Å². The number of hydrogen-bond acceptors (Lipinski definition) is 2. The minimum absolute atomic E-state index is 0.185. The lowest BCUT2D eigenvalue weighted by Gasteiger charge is -2.23. The molecule has 1 aliphatic rings. The van der Waals surface area contributed by atoms with Crippen LogP contribution >= 0.6 is 0 Å². The van der Waals surface area contributed by atoms with Crippen LogP contribution < -0.4 is 5.32 Å². The predicted octanol–water partition coefficient (Wildman–Crippen LogP) is 2.43. The van der Waals surface area contributed by atoms with Gasteiger partial charge in [0.25, 0.3) is 0 Å². The lowest BCUT2D eigenvalue weighted by atomic mass is 9.88. The molecule has 86 valence electrons. The maximum Gasteiger partial charge on any atom is 0.160 e. The molecule has 1 aromatic carbocycles. The third-order valence-corrected chi connectivity index (χ3v) is 3.36. The van der Waals surface area contributed by atoms with Crippen LogP contribution in [0.15, 0.2) is 24.3 Å². The van der Waals surface area contributed by atoms with Crippen LogP contribution in [0.3, 0.4) is 0 Å². The van der Waals surface area contributed by atoms with Crippen LogP contribution in [0.4, 0.5) is 0 Å². The summed E-state index contributed by atoms with van der Waals surface area (Å²) in [6, 6.07) is 8.02. The Morgan fingerprint density at radius 2 is 2.00 bits per heavy atom. The summed E-state index contributed by atoms with van der Waals surface area (Å²) in [5.74, 6) is 0.922. The minimum Gasteiger partial charge on any atom is -0.317 e. The third kappa shape index (κ3) is 2.70. The molecule has 2 heteroatoms. The summed E-state index contributed by atoms with van der Waals surface area (Å²) < 4.78 is 0. The van der Waals surface area contributed by atoms with Crippen molar-refractivity contribution in [2.24, 2.45) is 5.92 Å². The van der Waals surface area contributed by atoms with Gasteiger partial charge in [0.05, 0.1) is 0 Å². The maximum absolute atomic E-state index is 11.5. The molecular weight excluding hydrogens is 198 g/mol. The van der Waals surface area contributed by atoms with Crippen molar-refractivity contribution < 1.29 is 4.79 Å². The lowest BCUT2D eigenvalue weighted by Crippen LogP contribution is -2.28. The van der Waals surface area contributed by atoms with E-state index in [0.29, 0.717) is 0 Å². The van der Waals surface area contributed by atoms with E-state index in [1.165, 1.54) is 18.4 Å². The first-order valence-electron chi connectivity index (χ1n) is 6.07. The van der Waals surface area contributed by atoms with Gasteiger partial charge in [0.15, 0.2) is 5.78 Å². The van der Waals surface area contributed by atoms with Crippen molar-refractivity contribution in [1.82, 2.24) is 5.32 Å². The molecule has 1 fully saturated rings. The summed E-state index contributed by atoms with van der Waals surface area (Å²) in [4.78, 5) is 11.5. The highest BCUT2D eigenvalue weighted by molar-refractivity contribution is 5.95. The Labute approximate surface area is 97.1 Å². The van der Waals surface area contributed by atoms with Gasteiger partial charge in [-0.25, -0.2) is 0 Å². The van der Waals surface area contributed by atoms with Crippen LogP contribution in [0.1, 0.15) is 35.7 Å². The Bertz CT molecular complexity index is 367. The van der Waals surface area contributed by atoms with Crippen molar-refractivity contribution >= 4 is 5.78 Å². The second kappa shape index (κ2) is 5.26. The van der Waals surface area contributed by atoms with Crippen molar-refractivity contribution in [2.75, 3.05) is 13.1 Å². The zero-order valence-corrected chi connectivity index (χ0v) is 9.83. The quantitative estimate of drug-likeness (QED) is 0.788. The van der Waals surface area contributed by atoms with Gasteiger partial charge < -0.3 is 5.32 Å². The van der Waals surface area contributed by atoms with E-state index in [1.54, 1.807) is 6.92 Å². The van der Waals surface area contributed by atoms with Crippen molar-refractivity contribution in [2.45, 2.75) is 26.2 Å². The van der Waals surface area contributed by atoms with Gasteiger partial charge in [-0.15, -0.1) is 0 Å². The van der Waals surface area contributed by atoms with E-state index in [0.717, 1.165) is 31.0 Å². The predicted molar refractivity (Wildman–Crippen MR) is 65.7 cm³/mol. The monoisotopic (exact) mass is 217 g/mol. The van der Waals surface area contributed by atoms with E-state index in [1.807, 2.05) is 18.2 Å². The van der Waals surface area contributed by atoms with Gasteiger partial charge >= 0.3 is 0 Å². The van der Waals surface area contributed by atoms with Crippen molar-refractivity contribution in [3.63, 3.8) is 0 Å². The molecule has 1 aliphatic heterocycles. The van der Waals surface area contributed by atoms with Gasteiger partial charge in [0.2, 0.25) is 0 Å². The fourth-order valence-corrected chi connectivity index (χ4v) is 2.44. The fourth-order valence-electron chi connectivity index (χ4n) is 2.44. The first kappa shape index (κ1) is 11.3. The molecule has 0 bridgehead atoms. The van der Waals surface area contributed by atoms with Crippen LogP contribution in [0, 0.1) is 5.92 Å². The summed E-state index contributed by atoms with van der Waals surface area (Å²) in [5.41, 5.74) is 2.13. The van der Waals surface area contributed by atoms with Crippen molar-refractivity contribution in [3.05, 3.63) is 35.4 Å². The van der Waals surface area contributed by atoms with Gasteiger partial charge in [-0.2, -0.15) is 0 Å². The van der Waals surface area contributed by atoms with Gasteiger partial charge in [0, 0.05) is 5.56 Å². The summed E-state index contributed by atoms with van der Waals surface area (Å²) >= 11 is 0. The van der Waals surface area contributed by atoms with E-state index < -0.39 is 0 Å². The number of nitrogens with one attached hydrogen (secondary N) is 1. The summed E-state index contributed by atoms with van der Waals surface area (Å²) in [6.45, 7) is 3.89. The van der Waals surface area contributed by atoms with Crippen molar-refractivity contribution in [3.8, 4) is 0 Å². The Morgan fingerprint density at radius 3 is 2.69 bits per heavy atom. The number of benzene rings is 1. The maximum atomic E-state index is 11.5. The molecule has 2 rings (SSSR count). The number of rotatable bonds is 3. The molecule has 0 saturated carbocycles. The first-order chi connectivity index (χ1) is 7.77. The molecule has 2 nitrogen and oxygen atoms in total. The number of hydrogen-bond donors (Lipinski definition) is 1. The highest BCUT2D eigenvalue weighted by Gasteiger charge is 2.15. The van der Waals surface area contributed by atoms with Gasteiger partial charge in [-0.1, -0.05) is 24.3 Å². The Hall–Kier alpha value is -1.15. The van der Waals surface area contributed by atoms with E-state index in [9.17, 15) is 4.79 Å². The molecule has 1 heterocycles. The number of carbonyl (C=O) groups excluding carboxylic acids is 1. The SMILES string of the molecule is CC(=O)c1ccccc1CC1CCNCC1. The molecule has 0 unspecified atom stereocenters. The average Bonchev–Trinajstić information content (AvgIpc) is 2.31. The van der Waals surface area contributed by atoms with Crippen molar-refractivity contribution in [1.29, 1.82) is 0 Å². The topological polar surface area (TPSA) is 29.1 Å². The molecule has 0 atom stereocenters. The molecule has 0 radical (unpaired) electrons. The van der Waals surface area contributed by atoms with Crippen LogP contribution in [-0.4, -0.2) is 18.9 Å². The number of carbonyl (C=O) groups is 1. The molecule has 0 aliphatic carbocycles. The Balaban J connectivity index is 2.10. The van der Waals surface area contributed by atoms with E-state index in [4.69, 9.17) is 0 Å². The summed E-state index contributed by atoms with van der Waals surface area (Å²) in [7, 11) is 0. The highest BCUT2D eigenvalue weighted by Crippen LogP contribution is 2.20. The minimum atomic E-state index is 0.185. The second-order valence-corrected chi connectivity index (χ2v) is 4.61. The fraction of sp³-hybridized carbons (Fsp3) is 0.500. The number of Topliss-reactive ketones (excluding diaryl/α,β-unsaturated/α-hetero) is 1. The molecule has 1 N–H and O–H groups in total. The standard InChI is InChI=1S/C14H19NO/c1-11(16)14-5-3-2-4-13(14)10-12-6-8-15-9-7-12/h2-5,12,15H,6-10H2,1H3. The molecule has 0 aromatic heterocycles. The highest BCUT2D eigenvalue weighted by atomic mass is 16.1. The average molecular weight is 217 g/mol. The third-order valence-electron chi connectivity index (χ3n) is 3.36. The van der Waals surface area contributed by atoms with Gasteiger partial charge in [-0.05, 0) is 50.8 Å². The van der Waals surface area contributed by atoms with Crippen LogP contribution in [0.2, 0.25) is 0 Å². The zero-order valence-electron chi connectivity index (χ0n) is 9.83. The van der Waals surface area contributed by atoms with Crippen LogP contribution in [-0.2, 0) is 6.42 Å². The Kier molecular flexibility index (Phi) is 3.73. The Morgan fingerprint density at radius 1 is 1.31 bits per heavy atom.